The van der Waals surface area contributed by atoms with Gasteiger partial charge in [0.15, 0.2) is 5.78 Å². The Morgan fingerprint density at radius 1 is 1.32 bits per heavy atom. The molecule has 0 aliphatic rings. The Morgan fingerprint density at radius 2 is 2.16 bits per heavy atom. The Hall–Kier alpha value is -2.36. The molecule has 0 aliphatic carbocycles. The van der Waals surface area contributed by atoms with E-state index >= 15 is 0 Å². The Labute approximate surface area is 112 Å². The van der Waals surface area contributed by atoms with Gasteiger partial charge in [-0.05, 0) is 37.3 Å². The first kappa shape index (κ1) is 13.1. The molecular weight excluding hydrogens is 238 g/mol. The standard InChI is InChI=1S/C15H17N3O/c1-11(19)14-10-13(5-6-15(14)16)18-9-7-12-4-2-3-8-17-12/h2-6,8,10,18H,7,9,16H2,1H3. The van der Waals surface area contributed by atoms with Crippen LogP contribution in [0.25, 0.3) is 0 Å². The van der Waals surface area contributed by atoms with Gasteiger partial charge in [0.25, 0.3) is 0 Å². The zero-order chi connectivity index (χ0) is 13.7. The normalized spacial score (nSPS) is 10.2. The smallest absolute Gasteiger partial charge is 0.161 e. The predicted molar refractivity (Wildman–Crippen MR) is 77.3 cm³/mol. The van der Waals surface area contributed by atoms with Gasteiger partial charge in [-0.25, -0.2) is 0 Å². The van der Waals surface area contributed by atoms with Crippen LogP contribution in [0.5, 0.6) is 0 Å². The molecule has 0 spiro atoms. The van der Waals surface area contributed by atoms with E-state index < -0.39 is 0 Å². The molecule has 19 heavy (non-hydrogen) atoms. The van der Waals surface area contributed by atoms with E-state index in [2.05, 4.69) is 10.3 Å². The number of pyridine rings is 1. The third-order valence-corrected chi connectivity index (χ3v) is 2.87. The van der Waals surface area contributed by atoms with Gasteiger partial charge in [-0.15, -0.1) is 0 Å². The van der Waals surface area contributed by atoms with Crippen molar-refractivity contribution in [2.24, 2.45) is 0 Å². The van der Waals surface area contributed by atoms with Crippen LogP contribution >= 0.6 is 0 Å². The molecular formula is C15H17N3O. The van der Waals surface area contributed by atoms with Crippen molar-refractivity contribution >= 4 is 17.2 Å². The van der Waals surface area contributed by atoms with E-state index in [1.807, 2.05) is 24.3 Å². The largest absolute Gasteiger partial charge is 0.398 e. The summed E-state index contributed by atoms with van der Waals surface area (Å²) in [5, 5.41) is 3.27. The van der Waals surface area contributed by atoms with E-state index in [4.69, 9.17) is 5.73 Å². The second-order valence-electron chi connectivity index (χ2n) is 4.36. The van der Waals surface area contributed by atoms with E-state index in [0.717, 1.165) is 24.3 Å². The molecule has 0 unspecified atom stereocenters. The van der Waals surface area contributed by atoms with Crippen LogP contribution in [0.2, 0.25) is 0 Å². The number of carbonyl (C=O) groups excluding carboxylic acids is 1. The maximum Gasteiger partial charge on any atom is 0.161 e. The van der Waals surface area contributed by atoms with Gasteiger partial charge < -0.3 is 11.1 Å². The number of carbonyl (C=O) groups is 1. The highest BCUT2D eigenvalue weighted by Crippen LogP contribution is 2.18. The van der Waals surface area contributed by atoms with Crippen LogP contribution in [-0.4, -0.2) is 17.3 Å². The number of hydrogen-bond donors (Lipinski definition) is 2. The lowest BCUT2D eigenvalue weighted by molar-refractivity contribution is 0.101. The van der Waals surface area contributed by atoms with Crippen LogP contribution < -0.4 is 11.1 Å². The maximum absolute atomic E-state index is 11.4. The fraction of sp³-hybridized carbons (Fsp3) is 0.200. The predicted octanol–water partition coefficient (Wildman–Crippen LogP) is 2.52. The molecule has 1 heterocycles. The molecule has 0 atom stereocenters. The first-order valence-corrected chi connectivity index (χ1v) is 6.21. The highest BCUT2D eigenvalue weighted by Gasteiger charge is 2.05. The zero-order valence-corrected chi connectivity index (χ0v) is 10.9. The van der Waals surface area contributed by atoms with Gasteiger partial charge in [-0.2, -0.15) is 0 Å². The molecule has 0 amide bonds. The first-order valence-electron chi connectivity index (χ1n) is 6.21. The van der Waals surface area contributed by atoms with E-state index in [1.165, 1.54) is 6.92 Å². The van der Waals surface area contributed by atoms with Gasteiger partial charge in [0.2, 0.25) is 0 Å². The van der Waals surface area contributed by atoms with Crippen molar-refractivity contribution < 1.29 is 4.79 Å². The van der Waals surface area contributed by atoms with Gasteiger partial charge in [-0.3, -0.25) is 9.78 Å². The number of benzene rings is 1. The van der Waals surface area contributed by atoms with Crippen molar-refractivity contribution in [3.05, 3.63) is 53.9 Å². The summed E-state index contributed by atoms with van der Waals surface area (Å²) in [7, 11) is 0. The summed E-state index contributed by atoms with van der Waals surface area (Å²) in [6, 6.07) is 11.3. The monoisotopic (exact) mass is 255 g/mol. The van der Waals surface area contributed by atoms with E-state index in [0.29, 0.717) is 11.3 Å². The highest BCUT2D eigenvalue weighted by molar-refractivity contribution is 5.99. The summed E-state index contributed by atoms with van der Waals surface area (Å²) in [6.45, 7) is 2.28. The average molecular weight is 255 g/mol. The van der Waals surface area contributed by atoms with Gasteiger partial charge in [-0.1, -0.05) is 6.07 Å². The lowest BCUT2D eigenvalue weighted by atomic mass is 10.1. The number of nitrogens with two attached hydrogens (primary N) is 1. The number of anilines is 2. The molecule has 98 valence electrons. The number of nitrogen functional groups attached to an aromatic ring is 1. The minimum Gasteiger partial charge on any atom is -0.398 e. The van der Waals surface area contributed by atoms with Crippen LogP contribution in [0.1, 0.15) is 23.0 Å². The van der Waals surface area contributed by atoms with Crippen molar-refractivity contribution in [3.8, 4) is 0 Å². The number of ketones is 1. The molecule has 0 bridgehead atoms. The highest BCUT2D eigenvalue weighted by atomic mass is 16.1. The fourth-order valence-corrected chi connectivity index (χ4v) is 1.85. The quantitative estimate of drug-likeness (QED) is 0.636. The number of Topliss-reactive ketones (excluding diaryl/α,β-unsaturated/α-hetero) is 1. The number of rotatable bonds is 5. The first-order chi connectivity index (χ1) is 9.16. The SMILES string of the molecule is CC(=O)c1cc(NCCc2ccccn2)ccc1N. The minimum atomic E-state index is -0.0223. The zero-order valence-electron chi connectivity index (χ0n) is 10.9. The minimum absolute atomic E-state index is 0.0223. The number of aromatic nitrogens is 1. The molecule has 0 fully saturated rings. The lowest BCUT2D eigenvalue weighted by Crippen LogP contribution is -2.07. The summed E-state index contributed by atoms with van der Waals surface area (Å²) in [4.78, 5) is 15.7. The molecule has 1 aromatic heterocycles. The van der Waals surface area contributed by atoms with Crippen molar-refractivity contribution in [2.75, 3.05) is 17.6 Å². The van der Waals surface area contributed by atoms with Gasteiger partial charge in [0.05, 0.1) is 0 Å². The molecule has 2 rings (SSSR count). The third-order valence-electron chi connectivity index (χ3n) is 2.87. The number of nitrogens with one attached hydrogen (secondary N) is 1. The Kier molecular flexibility index (Phi) is 4.13. The number of nitrogens with zero attached hydrogens (tertiary/aromatic N) is 1. The molecule has 0 saturated heterocycles. The Balaban J connectivity index is 1.97. The number of hydrogen-bond acceptors (Lipinski definition) is 4. The molecule has 4 heteroatoms. The Morgan fingerprint density at radius 3 is 2.84 bits per heavy atom. The van der Waals surface area contributed by atoms with Crippen LogP contribution in [0.4, 0.5) is 11.4 Å². The van der Waals surface area contributed by atoms with Crippen LogP contribution in [0.3, 0.4) is 0 Å². The van der Waals surface area contributed by atoms with Gasteiger partial charge in [0, 0.05) is 41.8 Å². The molecule has 0 saturated carbocycles. The molecule has 3 N–H and O–H groups in total. The van der Waals surface area contributed by atoms with Crippen molar-refractivity contribution in [2.45, 2.75) is 13.3 Å². The lowest BCUT2D eigenvalue weighted by Gasteiger charge is -2.09. The summed E-state index contributed by atoms with van der Waals surface area (Å²) in [6.07, 6.45) is 2.62. The Bertz CT molecular complexity index is 567. The summed E-state index contributed by atoms with van der Waals surface area (Å²) in [5.41, 5.74) is 8.76. The fourth-order valence-electron chi connectivity index (χ4n) is 1.85. The molecule has 4 nitrogen and oxygen atoms in total. The second-order valence-corrected chi connectivity index (χ2v) is 4.36. The topological polar surface area (TPSA) is 68.0 Å². The van der Waals surface area contributed by atoms with E-state index in [-0.39, 0.29) is 5.78 Å². The average Bonchev–Trinajstić information content (AvgIpc) is 2.41. The van der Waals surface area contributed by atoms with Crippen LogP contribution in [0, 0.1) is 0 Å². The molecule has 1 aromatic carbocycles. The molecule has 0 radical (unpaired) electrons. The van der Waals surface area contributed by atoms with Crippen molar-refractivity contribution in [3.63, 3.8) is 0 Å². The third kappa shape index (κ3) is 3.55. The van der Waals surface area contributed by atoms with E-state index in [9.17, 15) is 4.79 Å². The van der Waals surface area contributed by atoms with Gasteiger partial charge in [0.1, 0.15) is 0 Å². The van der Waals surface area contributed by atoms with Crippen molar-refractivity contribution in [1.82, 2.24) is 4.98 Å². The summed E-state index contributed by atoms with van der Waals surface area (Å²) < 4.78 is 0. The van der Waals surface area contributed by atoms with Crippen LogP contribution in [0.15, 0.2) is 42.6 Å². The molecule has 0 aliphatic heterocycles. The maximum atomic E-state index is 11.4. The molecule has 2 aromatic rings. The summed E-state index contributed by atoms with van der Waals surface area (Å²) in [5.74, 6) is -0.0223. The van der Waals surface area contributed by atoms with E-state index in [1.54, 1.807) is 18.3 Å². The van der Waals surface area contributed by atoms with Crippen LogP contribution in [-0.2, 0) is 6.42 Å². The summed E-state index contributed by atoms with van der Waals surface area (Å²) >= 11 is 0. The second kappa shape index (κ2) is 6.00. The van der Waals surface area contributed by atoms with Crippen molar-refractivity contribution in [1.29, 1.82) is 0 Å². The van der Waals surface area contributed by atoms with Gasteiger partial charge >= 0.3 is 0 Å².